The molecule has 2 N–H and O–H groups in total. The molecular weight excluding hydrogens is 504 g/mol. The van der Waals surface area contributed by atoms with Crippen molar-refractivity contribution in [3.05, 3.63) is 53.1 Å². The fourth-order valence-corrected chi connectivity index (χ4v) is 8.28. The molecule has 9 heteroatoms. The second-order valence-electron chi connectivity index (χ2n) is 11.5. The SMILES string of the molecule is CON(C[C@@H]1CC2[C@@H]3C[C@H](F)C4=CC(=O)C=C[C@]4(C)[C@@]3(F)[C@@H](O)C[C@]2(C)[C@H]1C(=O)O)c1ccc(Cl)cc1. The van der Waals surface area contributed by atoms with Gasteiger partial charge in [0.2, 0.25) is 0 Å². The number of hydroxylamine groups is 1. The van der Waals surface area contributed by atoms with E-state index >= 15 is 8.78 Å². The van der Waals surface area contributed by atoms with E-state index in [2.05, 4.69) is 0 Å². The number of aliphatic hydroxyl groups excluding tert-OH is 1. The number of ketones is 1. The van der Waals surface area contributed by atoms with Crippen LogP contribution in [-0.2, 0) is 14.4 Å². The lowest BCUT2D eigenvalue weighted by Crippen LogP contribution is -2.68. The van der Waals surface area contributed by atoms with Crippen molar-refractivity contribution in [2.75, 3.05) is 18.7 Å². The second-order valence-corrected chi connectivity index (χ2v) is 11.9. The summed E-state index contributed by atoms with van der Waals surface area (Å²) in [5.74, 6) is -4.17. The molecule has 1 aromatic rings. The Kier molecular flexibility index (Phi) is 6.32. The fraction of sp³-hybridized carbons (Fsp3) is 0.571. The normalized spacial score (nSPS) is 42.5. The molecular formula is C28H32ClF2NO5. The highest BCUT2D eigenvalue weighted by molar-refractivity contribution is 6.30. The number of nitrogens with zero attached hydrogens (tertiary/aromatic N) is 1. The molecule has 3 fully saturated rings. The number of aliphatic carboxylic acids is 1. The number of carboxylic acid groups (broad SMARTS) is 1. The minimum atomic E-state index is -2.24. The second kappa shape index (κ2) is 8.89. The fourth-order valence-electron chi connectivity index (χ4n) is 8.16. The zero-order valence-electron chi connectivity index (χ0n) is 21.0. The summed E-state index contributed by atoms with van der Waals surface area (Å²) < 4.78 is 32.9. The van der Waals surface area contributed by atoms with Crippen molar-refractivity contribution >= 4 is 29.0 Å². The van der Waals surface area contributed by atoms with Crippen LogP contribution in [0.15, 0.2) is 48.1 Å². The highest BCUT2D eigenvalue weighted by atomic mass is 35.5. The lowest BCUT2D eigenvalue weighted by molar-refractivity contribution is -0.204. The number of hydrogen-bond donors (Lipinski definition) is 2. The van der Waals surface area contributed by atoms with Crippen LogP contribution in [0.2, 0.25) is 5.02 Å². The first-order valence-electron chi connectivity index (χ1n) is 12.6. The minimum Gasteiger partial charge on any atom is -0.481 e. The average molecular weight is 536 g/mol. The molecule has 0 radical (unpaired) electrons. The third-order valence-electron chi connectivity index (χ3n) is 9.80. The molecule has 4 aliphatic rings. The Morgan fingerprint density at radius 1 is 1.22 bits per heavy atom. The summed E-state index contributed by atoms with van der Waals surface area (Å²) >= 11 is 6.01. The van der Waals surface area contributed by atoms with Gasteiger partial charge in [0.25, 0.3) is 0 Å². The van der Waals surface area contributed by atoms with E-state index in [1.807, 2.05) is 0 Å². The van der Waals surface area contributed by atoms with Crippen LogP contribution in [0.4, 0.5) is 14.5 Å². The molecule has 1 unspecified atom stereocenters. The molecule has 1 aromatic carbocycles. The monoisotopic (exact) mass is 535 g/mol. The molecule has 0 aliphatic heterocycles. The standard InChI is InChI=1S/C28H32ClF2NO5/c1-26-13-23(34)28(31)20(12-22(30)21-11-18(33)8-9-27(21,28)2)19(26)10-15(24(26)25(35)36)14-32(37-3)17-6-4-16(29)5-7-17/h4-9,11,15,19-20,22-24,34H,10,12-14H2,1-3H3,(H,35,36)/t15-,19?,20-,22-,23-,24+,26-,27-,28-/m0/s1. The summed E-state index contributed by atoms with van der Waals surface area (Å²) in [7, 11) is 1.49. The van der Waals surface area contributed by atoms with Crippen LogP contribution in [-0.4, -0.2) is 53.6 Å². The summed E-state index contributed by atoms with van der Waals surface area (Å²) in [5.41, 5.74) is -3.95. The summed E-state index contributed by atoms with van der Waals surface area (Å²) in [6.45, 7) is 3.56. The highest BCUT2D eigenvalue weighted by Gasteiger charge is 2.73. The molecule has 200 valence electrons. The lowest BCUT2D eigenvalue weighted by Gasteiger charge is -2.62. The van der Waals surface area contributed by atoms with Crippen LogP contribution < -0.4 is 5.06 Å². The number of carbonyl (C=O) groups is 2. The number of anilines is 1. The van der Waals surface area contributed by atoms with Crippen molar-refractivity contribution in [1.82, 2.24) is 0 Å². The van der Waals surface area contributed by atoms with Crippen LogP contribution in [0, 0.1) is 34.5 Å². The molecule has 6 nitrogen and oxygen atoms in total. The van der Waals surface area contributed by atoms with Crippen molar-refractivity contribution in [3.63, 3.8) is 0 Å². The number of aliphatic hydroxyl groups is 1. The number of benzene rings is 1. The van der Waals surface area contributed by atoms with Crippen molar-refractivity contribution in [1.29, 1.82) is 0 Å². The topological polar surface area (TPSA) is 87.1 Å². The Bertz CT molecular complexity index is 1170. The van der Waals surface area contributed by atoms with Crippen LogP contribution in [0.3, 0.4) is 0 Å². The molecule has 0 heterocycles. The molecule has 0 saturated heterocycles. The zero-order valence-corrected chi connectivity index (χ0v) is 21.8. The van der Waals surface area contributed by atoms with Crippen molar-refractivity contribution in [3.8, 4) is 0 Å². The van der Waals surface area contributed by atoms with Crippen molar-refractivity contribution in [2.24, 2.45) is 34.5 Å². The number of hydrogen-bond acceptors (Lipinski definition) is 5. The van der Waals surface area contributed by atoms with E-state index in [-0.39, 0.29) is 25.0 Å². The largest absolute Gasteiger partial charge is 0.481 e. The predicted octanol–water partition coefficient (Wildman–Crippen LogP) is 4.95. The molecule has 5 rings (SSSR count). The van der Waals surface area contributed by atoms with E-state index in [4.69, 9.17) is 16.4 Å². The van der Waals surface area contributed by atoms with Gasteiger partial charge in [-0.2, -0.15) is 0 Å². The molecule has 0 aromatic heterocycles. The first-order chi connectivity index (χ1) is 17.4. The first kappa shape index (κ1) is 26.3. The van der Waals surface area contributed by atoms with E-state index in [0.29, 0.717) is 17.1 Å². The Balaban J connectivity index is 1.53. The van der Waals surface area contributed by atoms with E-state index in [9.17, 15) is 19.8 Å². The van der Waals surface area contributed by atoms with Gasteiger partial charge in [-0.05, 0) is 85.4 Å². The number of carbonyl (C=O) groups excluding carboxylic acids is 1. The van der Waals surface area contributed by atoms with Gasteiger partial charge in [0, 0.05) is 22.9 Å². The molecule has 0 bridgehead atoms. The highest BCUT2D eigenvalue weighted by Crippen LogP contribution is 2.70. The molecule has 37 heavy (non-hydrogen) atoms. The maximum Gasteiger partial charge on any atom is 0.307 e. The van der Waals surface area contributed by atoms with Gasteiger partial charge in [0.05, 0.1) is 24.8 Å². The van der Waals surface area contributed by atoms with E-state index in [0.717, 1.165) is 6.08 Å². The average Bonchev–Trinajstić information content (AvgIpc) is 3.13. The third-order valence-corrected chi connectivity index (χ3v) is 10.1. The number of rotatable bonds is 5. The summed E-state index contributed by atoms with van der Waals surface area (Å²) in [5, 5.41) is 23.9. The number of halogens is 3. The molecule has 3 saturated carbocycles. The Hall–Kier alpha value is -2.29. The Labute approximate surface area is 219 Å². The van der Waals surface area contributed by atoms with Crippen LogP contribution >= 0.6 is 11.6 Å². The van der Waals surface area contributed by atoms with Gasteiger partial charge >= 0.3 is 5.97 Å². The van der Waals surface area contributed by atoms with Gasteiger partial charge in [-0.25, -0.2) is 8.78 Å². The molecule has 4 aliphatic carbocycles. The number of allylic oxidation sites excluding steroid dienone is 4. The smallest absolute Gasteiger partial charge is 0.307 e. The van der Waals surface area contributed by atoms with Crippen LogP contribution in [0.5, 0.6) is 0 Å². The zero-order chi connectivity index (χ0) is 26.9. The number of fused-ring (bicyclic) bond motifs is 5. The lowest BCUT2D eigenvalue weighted by atomic mass is 9.45. The summed E-state index contributed by atoms with van der Waals surface area (Å²) in [6, 6.07) is 6.95. The van der Waals surface area contributed by atoms with Crippen LogP contribution in [0.1, 0.15) is 33.1 Å². The van der Waals surface area contributed by atoms with Gasteiger partial charge in [-0.3, -0.25) is 19.5 Å². The quantitative estimate of drug-likeness (QED) is 0.519. The van der Waals surface area contributed by atoms with Gasteiger partial charge in [-0.1, -0.05) is 24.6 Å². The summed E-state index contributed by atoms with van der Waals surface area (Å²) in [6.07, 6.45) is 0.762. The summed E-state index contributed by atoms with van der Waals surface area (Å²) in [4.78, 5) is 30.3. The minimum absolute atomic E-state index is 0.0547. The molecule has 0 spiro atoms. The first-order valence-corrected chi connectivity index (χ1v) is 13.0. The van der Waals surface area contributed by atoms with Gasteiger partial charge in [0.1, 0.15) is 6.17 Å². The maximum atomic E-state index is 17.3. The number of alkyl halides is 2. The molecule has 0 amide bonds. The number of carboxylic acids is 1. The van der Waals surface area contributed by atoms with E-state index < -0.39 is 64.2 Å². The third kappa shape index (κ3) is 3.70. The molecule has 9 atom stereocenters. The van der Waals surface area contributed by atoms with Gasteiger partial charge in [-0.15, -0.1) is 0 Å². The van der Waals surface area contributed by atoms with E-state index in [1.165, 1.54) is 19.3 Å². The maximum absolute atomic E-state index is 17.3. The van der Waals surface area contributed by atoms with Gasteiger partial charge in [0.15, 0.2) is 11.5 Å². The Morgan fingerprint density at radius 3 is 2.51 bits per heavy atom. The van der Waals surface area contributed by atoms with Crippen molar-refractivity contribution in [2.45, 2.75) is 51.1 Å². The van der Waals surface area contributed by atoms with E-state index in [1.54, 1.807) is 43.2 Å². The van der Waals surface area contributed by atoms with Crippen LogP contribution in [0.25, 0.3) is 0 Å². The predicted molar refractivity (Wildman–Crippen MR) is 134 cm³/mol. The Morgan fingerprint density at radius 2 is 1.89 bits per heavy atom. The van der Waals surface area contributed by atoms with Crippen molar-refractivity contribution < 1.29 is 33.4 Å². The van der Waals surface area contributed by atoms with Gasteiger partial charge < -0.3 is 10.2 Å².